The highest BCUT2D eigenvalue weighted by atomic mass is 32.2. The van der Waals surface area contributed by atoms with Crippen LogP contribution in [0.4, 0.5) is 0 Å². The zero-order chi connectivity index (χ0) is 12.0. The zero-order valence-corrected chi connectivity index (χ0v) is 11.3. The Bertz CT molecular complexity index is 293. The van der Waals surface area contributed by atoms with Gasteiger partial charge in [-0.15, -0.1) is 11.8 Å². The predicted molar refractivity (Wildman–Crippen MR) is 72.9 cm³/mol. The normalized spacial score (nSPS) is 13.1. The first-order valence-corrected chi connectivity index (χ1v) is 7.07. The highest BCUT2D eigenvalue weighted by Crippen LogP contribution is 2.22. The van der Waals surface area contributed by atoms with Crippen molar-refractivity contribution in [1.82, 2.24) is 4.90 Å². The molecule has 0 aliphatic heterocycles. The van der Waals surface area contributed by atoms with Crippen LogP contribution in [0.1, 0.15) is 25.5 Å². The average molecular weight is 238 g/mol. The van der Waals surface area contributed by atoms with Gasteiger partial charge in [-0.2, -0.15) is 0 Å². The number of likely N-dealkylation sites (N-methyl/N-ethyl adjacent to an activating group) is 1. The topological polar surface area (TPSA) is 29.3 Å². The summed E-state index contributed by atoms with van der Waals surface area (Å²) in [6.07, 6.45) is 2.10. The summed E-state index contributed by atoms with van der Waals surface area (Å²) in [4.78, 5) is 3.70. The fourth-order valence-corrected chi connectivity index (χ4v) is 2.39. The van der Waals surface area contributed by atoms with Crippen LogP contribution in [0.3, 0.4) is 0 Å². The molecule has 1 rings (SSSR count). The second kappa shape index (κ2) is 6.94. The molecule has 0 saturated heterocycles. The second-order valence-electron chi connectivity index (χ2n) is 3.75. The van der Waals surface area contributed by atoms with Gasteiger partial charge in [0.25, 0.3) is 0 Å². The summed E-state index contributed by atoms with van der Waals surface area (Å²) in [5.41, 5.74) is 7.20. The third kappa shape index (κ3) is 3.24. The maximum absolute atomic E-state index is 5.88. The molecule has 3 heteroatoms. The molecular weight excluding hydrogens is 216 g/mol. The molecule has 1 atom stereocenters. The van der Waals surface area contributed by atoms with Gasteiger partial charge in [-0.25, -0.2) is 0 Å². The molecule has 1 aromatic carbocycles. The number of benzene rings is 1. The third-order valence-corrected chi connectivity index (χ3v) is 3.72. The summed E-state index contributed by atoms with van der Waals surface area (Å²) in [6, 6.07) is 9.09. The Morgan fingerprint density at radius 2 is 1.75 bits per heavy atom. The lowest BCUT2D eigenvalue weighted by Crippen LogP contribution is -2.33. The molecule has 0 bridgehead atoms. The van der Waals surface area contributed by atoms with Crippen molar-refractivity contribution in [3.05, 3.63) is 29.8 Å². The van der Waals surface area contributed by atoms with E-state index in [4.69, 9.17) is 5.73 Å². The van der Waals surface area contributed by atoms with Crippen LogP contribution in [-0.4, -0.2) is 30.8 Å². The molecule has 0 fully saturated rings. The van der Waals surface area contributed by atoms with Gasteiger partial charge in [-0.3, -0.25) is 4.90 Å². The van der Waals surface area contributed by atoms with Crippen LogP contribution in [-0.2, 0) is 0 Å². The minimum atomic E-state index is 0.353. The molecule has 1 aromatic rings. The summed E-state index contributed by atoms with van der Waals surface area (Å²) in [5.74, 6) is 0. The first kappa shape index (κ1) is 13.6. The maximum Gasteiger partial charge on any atom is 0.0470 e. The number of nitrogens with two attached hydrogens (primary N) is 1. The molecule has 0 radical (unpaired) electrons. The van der Waals surface area contributed by atoms with Crippen LogP contribution in [0.5, 0.6) is 0 Å². The Hall–Kier alpha value is -0.510. The van der Waals surface area contributed by atoms with E-state index in [0.717, 1.165) is 13.1 Å². The number of nitrogens with zero attached hydrogens (tertiary/aromatic N) is 1. The largest absolute Gasteiger partial charge is 0.329 e. The van der Waals surface area contributed by atoms with E-state index in [1.54, 1.807) is 11.8 Å². The van der Waals surface area contributed by atoms with E-state index in [1.165, 1.54) is 10.5 Å². The van der Waals surface area contributed by atoms with Crippen molar-refractivity contribution < 1.29 is 0 Å². The first-order chi connectivity index (χ1) is 7.76. The minimum Gasteiger partial charge on any atom is -0.329 e. The zero-order valence-electron chi connectivity index (χ0n) is 10.4. The van der Waals surface area contributed by atoms with Gasteiger partial charge in [-0.1, -0.05) is 26.0 Å². The Labute approximate surface area is 103 Å². The molecule has 1 unspecified atom stereocenters. The van der Waals surface area contributed by atoms with E-state index in [-0.39, 0.29) is 0 Å². The van der Waals surface area contributed by atoms with E-state index < -0.39 is 0 Å². The smallest absolute Gasteiger partial charge is 0.0470 e. The highest BCUT2D eigenvalue weighted by molar-refractivity contribution is 7.98. The number of hydrogen-bond acceptors (Lipinski definition) is 3. The number of hydrogen-bond donors (Lipinski definition) is 1. The van der Waals surface area contributed by atoms with E-state index in [0.29, 0.717) is 12.6 Å². The lowest BCUT2D eigenvalue weighted by Gasteiger charge is -2.29. The molecular formula is C13H22N2S. The van der Waals surface area contributed by atoms with Crippen molar-refractivity contribution in [2.75, 3.05) is 25.9 Å². The summed E-state index contributed by atoms with van der Waals surface area (Å²) < 4.78 is 0. The van der Waals surface area contributed by atoms with E-state index in [9.17, 15) is 0 Å². The van der Waals surface area contributed by atoms with Crippen LogP contribution >= 0.6 is 11.8 Å². The van der Waals surface area contributed by atoms with E-state index in [2.05, 4.69) is 49.3 Å². The quantitative estimate of drug-likeness (QED) is 0.773. The fraction of sp³-hybridized carbons (Fsp3) is 0.538. The lowest BCUT2D eigenvalue weighted by molar-refractivity contribution is 0.224. The van der Waals surface area contributed by atoms with Crippen molar-refractivity contribution >= 4 is 11.8 Å². The summed E-state index contributed by atoms with van der Waals surface area (Å²) >= 11 is 1.77. The van der Waals surface area contributed by atoms with Crippen LogP contribution < -0.4 is 5.73 Å². The van der Waals surface area contributed by atoms with Crippen molar-refractivity contribution in [2.24, 2.45) is 5.73 Å². The molecule has 2 nitrogen and oxygen atoms in total. The van der Waals surface area contributed by atoms with Gasteiger partial charge in [0, 0.05) is 17.5 Å². The molecule has 2 N–H and O–H groups in total. The van der Waals surface area contributed by atoms with Crippen molar-refractivity contribution in [2.45, 2.75) is 24.8 Å². The van der Waals surface area contributed by atoms with Gasteiger partial charge in [-0.05, 0) is 37.0 Å². The highest BCUT2D eigenvalue weighted by Gasteiger charge is 2.15. The van der Waals surface area contributed by atoms with Gasteiger partial charge in [0.1, 0.15) is 0 Å². The number of rotatable bonds is 6. The summed E-state index contributed by atoms with van der Waals surface area (Å²) in [5, 5.41) is 0. The number of thioether (sulfide) groups is 1. The van der Waals surface area contributed by atoms with Crippen molar-refractivity contribution in [1.29, 1.82) is 0 Å². The van der Waals surface area contributed by atoms with Crippen LogP contribution in [0.15, 0.2) is 29.2 Å². The Balaban J connectivity index is 2.85. The molecule has 90 valence electrons. The fourth-order valence-electron chi connectivity index (χ4n) is 1.99. The Morgan fingerprint density at radius 3 is 2.12 bits per heavy atom. The molecule has 0 aliphatic rings. The first-order valence-electron chi connectivity index (χ1n) is 5.84. The minimum absolute atomic E-state index is 0.353. The molecule has 0 saturated carbocycles. The van der Waals surface area contributed by atoms with Gasteiger partial charge in [0.2, 0.25) is 0 Å². The lowest BCUT2D eigenvalue weighted by atomic mass is 10.1. The molecule has 0 aliphatic carbocycles. The predicted octanol–water partition coefficient (Wildman–Crippen LogP) is 2.75. The van der Waals surface area contributed by atoms with Crippen molar-refractivity contribution in [3.63, 3.8) is 0 Å². The van der Waals surface area contributed by atoms with E-state index >= 15 is 0 Å². The summed E-state index contributed by atoms with van der Waals surface area (Å²) in [6.45, 7) is 7.14. The monoisotopic (exact) mass is 238 g/mol. The van der Waals surface area contributed by atoms with Gasteiger partial charge in [0.05, 0.1) is 0 Å². The maximum atomic E-state index is 5.88. The van der Waals surface area contributed by atoms with Gasteiger partial charge >= 0.3 is 0 Å². The molecule has 0 amide bonds. The van der Waals surface area contributed by atoms with Crippen LogP contribution in [0.2, 0.25) is 0 Å². The molecule has 16 heavy (non-hydrogen) atoms. The Morgan fingerprint density at radius 1 is 1.19 bits per heavy atom. The van der Waals surface area contributed by atoms with Crippen LogP contribution in [0, 0.1) is 0 Å². The van der Waals surface area contributed by atoms with Crippen LogP contribution in [0.25, 0.3) is 0 Å². The van der Waals surface area contributed by atoms with Crippen molar-refractivity contribution in [3.8, 4) is 0 Å². The third-order valence-electron chi connectivity index (χ3n) is 2.98. The summed E-state index contributed by atoms with van der Waals surface area (Å²) in [7, 11) is 0. The SMILES string of the molecule is CCN(CC)C(CN)c1ccc(SC)cc1. The Kier molecular flexibility index (Phi) is 5.88. The molecule has 0 aromatic heterocycles. The van der Waals surface area contributed by atoms with Gasteiger partial charge in [0.15, 0.2) is 0 Å². The average Bonchev–Trinajstić information content (AvgIpc) is 2.36. The second-order valence-corrected chi connectivity index (χ2v) is 4.63. The standard InChI is InChI=1S/C13H22N2S/c1-4-15(5-2)13(10-14)11-6-8-12(16-3)9-7-11/h6-9,13H,4-5,10,14H2,1-3H3. The van der Waals surface area contributed by atoms with E-state index in [1.807, 2.05) is 0 Å². The molecule has 0 heterocycles. The van der Waals surface area contributed by atoms with Gasteiger partial charge < -0.3 is 5.73 Å². The molecule has 0 spiro atoms.